The smallest absolute Gasteiger partial charge is 0.245 e. The number of aromatic nitrogens is 5. The Kier molecular flexibility index (Phi) is 4.35. The van der Waals surface area contributed by atoms with Crippen molar-refractivity contribution in [2.75, 3.05) is 0 Å². The quantitative estimate of drug-likeness (QED) is 0.429. The highest BCUT2D eigenvalue weighted by molar-refractivity contribution is 5.76. The van der Waals surface area contributed by atoms with E-state index >= 15 is 0 Å². The molecule has 0 amide bonds. The molecule has 3 heterocycles. The number of nitrogens with zero attached hydrogens (tertiary/aromatic N) is 5. The van der Waals surface area contributed by atoms with E-state index < -0.39 is 0 Å². The summed E-state index contributed by atoms with van der Waals surface area (Å²) in [6.07, 6.45) is 2.19. The highest BCUT2D eigenvalue weighted by Crippen LogP contribution is 2.19. The van der Waals surface area contributed by atoms with Gasteiger partial charge < -0.3 is 4.57 Å². The molecule has 5 aromatic rings. The fourth-order valence-corrected chi connectivity index (χ4v) is 4.11. The van der Waals surface area contributed by atoms with Crippen LogP contribution < -0.4 is 4.57 Å². The summed E-state index contributed by atoms with van der Waals surface area (Å²) in [5, 5.41) is 0. The van der Waals surface area contributed by atoms with Crippen molar-refractivity contribution in [1.82, 2.24) is 19.1 Å². The van der Waals surface area contributed by atoms with E-state index in [9.17, 15) is 0 Å². The van der Waals surface area contributed by atoms with Crippen molar-refractivity contribution in [2.24, 2.45) is 0 Å². The number of imidazole rings is 2. The van der Waals surface area contributed by atoms with Gasteiger partial charge in [0.15, 0.2) is 16.9 Å². The lowest BCUT2D eigenvalue weighted by atomic mass is 10.3. The first-order chi connectivity index (χ1) is 14.2. The van der Waals surface area contributed by atoms with Crippen molar-refractivity contribution >= 4 is 22.1 Å². The Balaban J connectivity index is 1.58. The van der Waals surface area contributed by atoms with Crippen molar-refractivity contribution in [1.29, 1.82) is 0 Å². The van der Waals surface area contributed by atoms with Gasteiger partial charge in [-0.15, -0.1) is 0 Å². The molecule has 0 atom stereocenters. The van der Waals surface area contributed by atoms with E-state index in [0.29, 0.717) is 0 Å². The second kappa shape index (κ2) is 7.17. The molecule has 29 heavy (non-hydrogen) atoms. The predicted octanol–water partition coefficient (Wildman–Crippen LogP) is 4.10. The van der Waals surface area contributed by atoms with Crippen LogP contribution >= 0.6 is 0 Å². The van der Waals surface area contributed by atoms with Crippen LogP contribution in [0, 0.1) is 6.92 Å². The molecule has 0 N–H and O–H groups in total. The topological polar surface area (TPSA) is 39.5 Å². The maximum atomic E-state index is 4.91. The molecule has 0 aliphatic heterocycles. The molecule has 5 heteroatoms. The number of pyridine rings is 1. The van der Waals surface area contributed by atoms with Gasteiger partial charge in [-0.25, -0.2) is 14.1 Å². The third kappa shape index (κ3) is 3.18. The number of fused-ring (bicyclic) bond motifs is 2. The van der Waals surface area contributed by atoms with Gasteiger partial charge in [-0.2, -0.15) is 0 Å². The standard InChI is InChI=1S/C24H24N5/c1-3-29-21-12-5-4-11-20(21)26-24(29)16-28-17-27(22-13-6-7-14-23(22)28)15-19-10-8-9-18(2)25-19/h4-14,17H,3,15-16H2,1-2H3/q+1. The maximum Gasteiger partial charge on any atom is 0.245 e. The first kappa shape index (κ1) is 17.6. The van der Waals surface area contributed by atoms with Crippen LogP contribution in [0.3, 0.4) is 0 Å². The van der Waals surface area contributed by atoms with Crippen LogP contribution in [0.1, 0.15) is 24.1 Å². The average molecular weight is 382 g/mol. The van der Waals surface area contributed by atoms with Crippen molar-refractivity contribution in [2.45, 2.75) is 33.5 Å². The number of benzene rings is 2. The van der Waals surface area contributed by atoms with Crippen LogP contribution in [0.4, 0.5) is 0 Å². The first-order valence-corrected chi connectivity index (χ1v) is 10.1. The highest BCUT2D eigenvalue weighted by atomic mass is 15.2. The highest BCUT2D eigenvalue weighted by Gasteiger charge is 2.19. The summed E-state index contributed by atoms with van der Waals surface area (Å²) < 4.78 is 6.87. The van der Waals surface area contributed by atoms with Crippen LogP contribution in [0.15, 0.2) is 73.1 Å². The first-order valence-electron chi connectivity index (χ1n) is 10.1. The number of para-hydroxylation sites is 4. The fraction of sp³-hybridized carbons (Fsp3) is 0.208. The summed E-state index contributed by atoms with van der Waals surface area (Å²) in [5.74, 6) is 1.08. The minimum Gasteiger partial charge on any atom is -0.325 e. The molecule has 0 aliphatic carbocycles. The molecule has 0 saturated heterocycles. The Morgan fingerprint density at radius 1 is 0.862 bits per heavy atom. The zero-order valence-electron chi connectivity index (χ0n) is 16.8. The SMILES string of the molecule is CCn1c(Cn2c[n+](Cc3cccc(C)n3)c3ccccc32)nc2ccccc21. The molecule has 0 radical (unpaired) electrons. The fourth-order valence-electron chi connectivity index (χ4n) is 4.11. The van der Waals surface area contributed by atoms with Crippen molar-refractivity contribution < 1.29 is 4.57 Å². The van der Waals surface area contributed by atoms with Crippen LogP contribution in [0.2, 0.25) is 0 Å². The number of hydrogen-bond donors (Lipinski definition) is 0. The minimum absolute atomic E-state index is 0.733. The van der Waals surface area contributed by atoms with Crippen LogP contribution in [-0.2, 0) is 19.6 Å². The summed E-state index contributed by atoms with van der Waals surface area (Å²) in [5.41, 5.74) is 6.77. The van der Waals surface area contributed by atoms with Crippen molar-refractivity contribution in [3.63, 3.8) is 0 Å². The normalized spacial score (nSPS) is 11.5. The third-order valence-corrected chi connectivity index (χ3v) is 5.42. The summed E-state index contributed by atoms with van der Waals surface area (Å²) in [6.45, 7) is 6.60. The molecule has 144 valence electrons. The number of aryl methyl sites for hydroxylation is 2. The van der Waals surface area contributed by atoms with Crippen LogP contribution in [0.25, 0.3) is 22.1 Å². The molecule has 5 rings (SSSR count). The van der Waals surface area contributed by atoms with Gasteiger partial charge in [0.1, 0.15) is 13.1 Å². The zero-order valence-corrected chi connectivity index (χ0v) is 16.8. The molecule has 2 aromatic carbocycles. The molecule has 0 saturated carbocycles. The Morgan fingerprint density at radius 2 is 1.66 bits per heavy atom. The summed E-state index contributed by atoms with van der Waals surface area (Å²) in [7, 11) is 0. The third-order valence-electron chi connectivity index (χ3n) is 5.42. The summed E-state index contributed by atoms with van der Waals surface area (Å²) in [6, 6.07) is 23.1. The zero-order chi connectivity index (χ0) is 19.8. The molecule has 0 unspecified atom stereocenters. The molecular weight excluding hydrogens is 358 g/mol. The summed E-state index contributed by atoms with van der Waals surface area (Å²) >= 11 is 0. The van der Waals surface area contributed by atoms with Gasteiger partial charge in [0.05, 0.1) is 16.7 Å². The van der Waals surface area contributed by atoms with Gasteiger partial charge in [0.2, 0.25) is 6.33 Å². The van der Waals surface area contributed by atoms with Crippen molar-refractivity contribution in [3.05, 3.63) is 90.3 Å². The Bertz CT molecular complexity index is 1310. The Labute approximate surface area is 169 Å². The largest absolute Gasteiger partial charge is 0.325 e. The molecule has 0 bridgehead atoms. The average Bonchev–Trinajstić information content (AvgIpc) is 3.26. The second-order valence-electron chi connectivity index (χ2n) is 7.39. The second-order valence-corrected chi connectivity index (χ2v) is 7.39. The van der Waals surface area contributed by atoms with Gasteiger partial charge in [0.25, 0.3) is 0 Å². The molecule has 0 spiro atoms. The van der Waals surface area contributed by atoms with E-state index in [1.54, 1.807) is 0 Å². The van der Waals surface area contributed by atoms with E-state index in [1.807, 2.05) is 19.1 Å². The summed E-state index contributed by atoms with van der Waals surface area (Å²) in [4.78, 5) is 9.59. The molecular formula is C24H24N5+. The monoisotopic (exact) mass is 382 g/mol. The lowest BCUT2D eigenvalue weighted by molar-refractivity contribution is -0.663. The molecule has 3 aromatic heterocycles. The lowest BCUT2D eigenvalue weighted by Crippen LogP contribution is -2.33. The molecule has 0 fully saturated rings. The van der Waals surface area contributed by atoms with Crippen LogP contribution in [-0.4, -0.2) is 19.1 Å². The Morgan fingerprint density at radius 3 is 2.48 bits per heavy atom. The van der Waals surface area contributed by atoms with E-state index in [4.69, 9.17) is 4.98 Å². The number of rotatable bonds is 5. The van der Waals surface area contributed by atoms with Gasteiger partial charge in [-0.05, 0) is 50.2 Å². The number of hydrogen-bond acceptors (Lipinski definition) is 2. The van der Waals surface area contributed by atoms with Gasteiger partial charge in [-0.1, -0.05) is 30.3 Å². The van der Waals surface area contributed by atoms with Crippen molar-refractivity contribution in [3.8, 4) is 0 Å². The maximum absolute atomic E-state index is 4.91. The van der Waals surface area contributed by atoms with E-state index in [-0.39, 0.29) is 0 Å². The van der Waals surface area contributed by atoms with E-state index in [2.05, 4.69) is 86.5 Å². The van der Waals surface area contributed by atoms with Gasteiger partial charge in [0, 0.05) is 12.2 Å². The van der Waals surface area contributed by atoms with E-state index in [1.165, 1.54) is 16.6 Å². The Hall–Kier alpha value is -3.47. The molecule has 5 nitrogen and oxygen atoms in total. The minimum atomic E-state index is 0.733. The van der Waals surface area contributed by atoms with E-state index in [0.717, 1.165) is 42.4 Å². The van der Waals surface area contributed by atoms with Gasteiger partial charge in [-0.3, -0.25) is 4.98 Å². The molecule has 0 aliphatic rings. The lowest BCUT2D eigenvalue weighted by Gasteiger charge is -2.04. The predicted molar refractivity (Wildman–Crippen MR) is 115 cm³/mol. The van der Waals surface area contributed by atoms with Crippen LogP contribution in [0.5, 0.6) is 0 Å². The van der Waals surface area contributed by atoms with Gasteiger partial charge >= 0.3 is 0 Å².